The molecule has 2 aromatic carbocycles. The van der Waals surface area contributed by atoms with Gasteiger partial charge in [-0.3, -0.25) is 19.8 Å². The molecule has 0 aliphatic rings. The second-order valence-electron chi connectivity index (χ2n) is 4.64. The summed E-state index contributed by atoms with van der Waals surface area (Å²) < 4.78 is 0. The number of phenols is 1. The SMILES string of the molecule is O=c1[nH][nH]c(=O)c2c1[nH]c1c3cccc(O)c3ccc12. The standard InChI is InChI=1S/C14H9N3O3/c18-9-3-1-2-7-6(9)4-5-8-10-12(15-11(7)8)14(20)17-16-13(10)19/h1-5,15,18H,(H,16,19)(H,17,20). The first kappa shape index (κ1) is 10.9. The third kappa shape index (κ3) is 1.22. The summed E-state index contributed by atoms with van der Waals surface area (Å²) in [5.74, 6) is 0.158. The Kier molecular flexibility index (Phi) is 1.90. The molecule has 0 saturated carbocycles. The van der Waals surface area contributed by atoms with Gasteiger partial charge in [0.2, 0.25) is 0 Å². The van der Waals surface area contributed by atoms with E-state index in [1.807, 2.05) is 6.07 Å². The van der Waals surface area contributed by atoms with Crippen molar-refractivity contribution in [1.29, 1.82) is 0 Å². The van der Waals surface area contributed by atoms with Crippen molar-refractivity contribution in [3.8, 4) is 5.75 Å². The minimum absolute atomic E-state index is 0.158. The fraction of sp³-hybridized carbons (Fsp3) is 0. The third-order valence-corrected chi connectivity index (χ3v) is 3.55. The molecule has 6 nitrogen and oxygen atoms in total. The van der Waals surface area contributed by atoms with Gasteiger partial charge in [0.05, 0.1) is 10.9 Å². The van der Waals surface area contributed by atoms with Crippen molar-refractivity contribution >= 4 is 32.6 Å². The fourth-order valence-corrected chi connectivity index (χ4v) is 2.65. The Labute approximate surface area is 110 Å². The van der Waals surface area contributed by atoms with Gasteiger partial charge < -0.3 is 10.1 Å². The molecule has 2 aromatic heterocycles. The molecule has 0 amide bonds. The van der Waals surface area contributed by atoms with Crippen LogP contribution in [0.2, 0.25) is 0 Å². The highest BCUT2D eigenvalue weighted by Gasteiger charge is 2.13. The number of hydrogen-bond acceptors (Lipinski definition) is 3. The molecule has 4 rings (SSSR count). The molecule has 2 heterocycles. The molecular weight excluding hydrogens is 258 g/mol. The predicted octanol–water partition coefficient (Wildman–Crippen LogP) is 1.56. The first-order valence-corrected chi connectivity index (χ1v) is 6.04. The summed E-state index contributed by atoms with van der Waals surface area (Å²) in [6.07, 6.45) is 0. The second-order valence-corrected chi connectivity index (χ2v) is 4.64. The minimum Gasteiger partial charge on any atom is -0.507 e. The molecule has 20 heavy (non-hydrogen) atoms. The van der Waals surface area contributed by atoms with Crippen LogP contribution in [0.5, 0.6) is 5.75 Å². The lowest BCUT2D eigenvalue weighted by molar-refractivity contribution is 0.481. The number of nitrogens with one attached hydrogen (secondary N) is 3. The van der Waals surface area contributed by atoms with E-state index in [9.17, 15) is 14.7 Å². The maximum Gasteiger partial charge on any atom is 0.286 e. The lowest BCUT2D eigenvalue weighted by atomic mass is 10.1. The highest BCUT2D eigenvalue weighted by Crippen LogP contribution is 2.32. The van der Waals surface area contributed by atoms with E-state index in [0.29, 0.717) is 21.7 Å². The molecule has 0 aliphatic heterocycles. The summed E-state index contributed by atoms with van der Waals surface area (Å²) in [5, 5.41) is 16.9. The summed E-state index contributed by atoms with van der Waals surface area (Å²) in [4.78, 5) is 26.7. The molecule has 4 aromatic rings. The first-order chi connectivity index (χ1) is 9.66. The van der Waals surface area contributed by atoms with Crippen LogP contribution < -0.4 is 11.1 Å². The van der Waals surface area contributed by atoms with Gasteiger partial charge in [0.1, 0.15) is 11.3 Å². The zero-order chi connectivity index (χ0) is 13.9. The van der Waals surface area contributed by atoms with Crippen LogP contribution in [0.4, 0.5) is 0 Å². The Bertz CT molecular complexity index is 1100. The van der Waals surface area contributed by atoms with Crippen molar-refractivity contribution in [2.45, 2.75) is 0 Å². The van der Waals surface area contributed by atoms with Crippen molar-refractivity contribution < 1.29 is 5.11 Å². The Morgan fingerprint density at radius 2 is 1.55 bits per heavy atom. The topological polar surface area (TPSA) is 102 Å². The zero-order valence-electron chi connectivity index (χ0n) is 10.2. The maximum absolute atomic E-state index is 11.9. The molecule has 0 fully saturated rings. The lowest BCUT2D eigenvalue weighted by Gasteiger charge is -2.01. The highest BCUT2D eigenvalue weighted by atomic mass is 16.3. The van der Waals surface area contributed by atoms with Gasteiger partial charge in [0.15, 0.2) is 0 Å². The average Bonchev–Trinajstić information content (AvgIpc) is 2.84. The van der Waals surface area contributed by atoms with Gasteiger partial charge in [-0.25, -0.2) is 0 Å². The molecule has 98 valence electrons. The zero-order valence-corrected chi connectivity index (χ0v) is 10.2. The van der Waals surface area contributed by atoms with Gasteiger partial charge in [0.25, 0.3) is 11.1 Å². The van der Waals surface area contributed by atoms with Crippen LogP contribution in [0, 0.1) is 0 Å². The smallest absolute Gasteiger partial charge is 0.286 e. The number of aromatic hydroxyl groups is 1. The number of rotatable bonds is 0. The van der Waals surface area contributed by atoms with Gasteiger partial charge >= 0.3 is 0 Å². The van der Waals surface area contributed by atoms with Gasteiger partial charge in [-0.2, -0.15) is 0 Å². The third-order valence-electron chi connectivity index (χ3n) is 3.55. The van der Waals surface area contributed by atoms with Crippen LogP contribution >= 0.6 is 0 Å². The van der Waals surface area contributed by atoms with Crippen molar-refractivity contribution in [1.82, 2.24) is 15.2 Å². The predicted molar refractivity (Wildman–Crippen MR) is 76.2 cm³/mol. The normalized spacial score (nSPS) is 11.6. The summed E-state index contributed by atoms with van der Waals surface area (Å²) in [5.41, 5.74) is 0.157. The summed E-state index contributed by atoms with van der Waals surface area (Å²) in [7, 11) is 0. The summed E-state index contributed by atoms with van der Waals surface area (Å²) >= 11 is 0. The van der Waals surface area contributed by atoms with Crippen molar-refractivity contribution in [3.05, 3.63) is 51.0 Å². The van der Waals surface area contributed by atoms with Crippen LogP contribution in [0.1, 0.15) is 0 Å². The van der Waals surface area contributed by atoms with Crippen LogP contribution in [-0.4, -0.2) is 20.3 Å². The van der Waals surface area contributed by atoms with E-state index in [2.05, 4.69) is 15.2 Å². The number of aromatic nitrogens is 3. The Morgan fingerprint density at radius 1 is 0.800 bits per heavy atom. The first-order valence-electron chi connectivity index (χ1n) is 6.04. The maximum atomic E-state index is 11.9. The number of benzene rings is 2. The van der Waals surface area contributed by atoms with Gasteiger partial charge in [-0.1, -0.05) is 18.2 Å². The molecule has 0 spiro atoms. The van der Waals surface area contributed by atoms with E-state index >= 15 is 0 Å². The molecule has 6 heteroatoms. The van der Waals surface area contributed by atoms with Crippen molar-refractivity contribution in [3.63, 3.8) is 0 Å². The van der Waals surface area contributed by atoms with Crippen LogP contribution in [0.25, 0.3) is 32.6 Å². The number of aromatic amines is 3. The molecule has 0 radical (unpaired) electrons. The second kappa shape index (κ2) is 3.51. The van der Waals surface area contributed by atoms with Crippen LogP contribution in [-0.2, 0) is 0 Å². The number of hydrogen-bond donors (Lipinski definition) is 4. The van der Waals surface area contributed by atoms with Gasteiger partial charge in [0, 0.05) is 16.2 Å². The van der Waals surface area contributed by atoms with E-state index in [1.54, 1.807) is 24.3 Å². The number of fused-ring (bicyclic) bond motifs is 5. The number of phenolic OH excluding ortho intramolecular Hbond substituents is 1. The molecule has 0 saturated heterocycles. The molecule has 0 unspecified atom stereocenters. The molecule has 0 atom stereocenters. The minimum atomic E-state index is -0.385. The van der Waals surface area contributed by atoms with Crippen molar-refractivity contribution in [2.75, 3.05) is 0 Å². The Balaban J connectivity index is 2.40. The summed E-state index contributed by atoms with van der Waals surface area (Å²) in [6, 6.07) is 8.61. The lowest BCUT2D eigenvalue weighted by Crippen LogP contribution is -2.18. The quantitative estimate of drug-likeness (QED) is 0.389. The molecular formula is C14H9N3O3. The van der Waals surface area contributed by atoms with E-state index < -0.39 is 0 Å². The molecule has 4 N–H and O–H groups in total. The largest absolute Gasteiger partial charge is 0.507 e. The highest BCUT2D eigenvalue weighted by molar-refractivity contribution is 6.17. The van der Waals surface area contributed by atoms with E-state index in [1.165, 1.54) is 0 Å². The molecule has 0 aliphatic carbocycles. The van der Waals surface area contributed by atoms with Crippen LogP contribution in [0.3, 0.4) is 0 Å². The summed E-state index contributed by atoms with van der Waals surface area (Å²) in [6.45, 7) is 0. The van der Waals surface area contributed by atoms with Crippen LogP contribution in [0.15, 0.2) is 39.9 Å². The monoisotopic (exact) mass is 267 g/mol. The van der Waals surface area contributed by atoms with E-state index in [-0.39, 0.29) is 22.4 Å². The van der Waals surface area contributed by atoms with Gasteiger partial charge in [-0.15, -0.1) is 0 Å². The average molecular weight is 267 g/mol. The van der Waals surface area contributed by atoms with Crippen molar-refractivity contribution in [2.24, 2.45) is 0 Å². The van der Waals surface area contributed by atoms with E-state index in [4.69, 9.17) is 0 Å². The fourth-order valence-electron chi connectivity index (χ4n) is 2.65. The van der Waals surface area contributed by atoms with E-state index in [0.717, 1.165) is 5.39 Å². The molecule has 0 bridgehead atoms. The number of H-pyrrole nitrogens is 3. The van der Waals surface area contributed by atoms with Gasteiger partial charge in [-0.05, 0) is 12.1 Å². The Morgan fingerprint density at radius 3 is 2.40 bits per heavy atom. The Hall–Kier alpha value is -3.02.